The fourth-order valence-electron chi connectivity index (χ4n) is 2.21. The van der Waals surface area contributed by atoms with E-state index >= 15 is 0 Å². The van der Waals surface area contributed by atoms with Crippen molar-refractivity contribution in [2.75, 3.05) is 37.6 Å². The van der Waals surface area contributed by atoms with Gasteiger partial charge in [-0.1, -0.05) is 0 Å². The summed E-state index contributed by atoms with van der Waals surface area (Å²) in [4.78, 5) is 12.7. The number of nitrogen functional groups attached to an aromatic ring is 1. The van der Waals surface area contributed by atoms with Crippen LogP contribution in [0.5, 0.6) is 0 Å². The van der Waals surface area contributed by atoms with E-state index in [0.29, 0.717) is 16.0 Å². The number of hydrogen-bond donors (Lipinski definition) is 3. The lowest BCUT2D eigenvalue weighted by Crippen LogP contribution is -2.17. The molecule has 0 radical (unpaired) electrons. The molecule has 20 heavy (non-hydrogen) atoms. The summed E-state index contributed by atoms with van der Waals surface area (Å²) < 4.78 is 5.16. The van der Waals surface area contributed by atoms with Crippen LogP contribution in [-0.2, 0) is 4.74 Å². The zero-order valence-electron chi connectivity index (χ0n) is 11.8. The van der Waals surface area contributed by atoms with E-state index in [4.69, 9.17) is 16.2 Å². The summed E-state index contributed by atoms with van der Waals surface area (Å²) >= 11 is 2.89. The minimum Gasteiger partial charge on any atom is -0.396 e. The number of hydrogen-bond acceptors (Lipinski definition) is 6. The monoisotopic (exact) mass is 315 g/mol. The predicted molar refractivity (Wildman–Crippen MR) is 85.7 cm³/mol. The summed E-state index contributed by atoms with van der Waals surface area (Å²) in [6.45, 7) is 1.68. The molecule has 0 bridgehead atoms. The second kappa shape index (κ2) is 6.24. The Labute approximate surface area is 127 Å². The van der Waals surface area contributed by atoms with Gasteiger partial charge in [0.15, 0.2) is 0 Å². The van der Waals surface area contributed by atoms with E-state index in [-0.39, 0.29) is 0 Å². The summed E-state index contributed by atoms with van der Waals surface area (Å²) in [6, 6.07) is 0. The second-order valence-electron chi connectivity index (χ2n) is 5.17. The molecule has 5 nitrogen and oxygen atoms in total. The van der Waals surface area contributed by atoms with Crippen molar-refractivity contribution in [3.63, 3.8) is 0 Å². The van der Waals surface area contributed by atoms with Gasteiger partial charge in [-0.15, -0.1) is 23.1 Å². The zero-order valence-corrected chi connectivity index (χ0v) is 13.5. The molecule has 1 fully saturated rings. The van der Waals surface area contributed by atoms with Crippen molar-refractivity contribution >= 4 is 39.7 Å². The van der Waals surface area contributed by atoms with Gasteiger partial charge in [-0.25, -0.2) is 0 Å². The lowest BCUT2D eigenvalue weighted by atomic mass is 10.0. The minimum atomic E-state index is -0.462. The SMILES string of the molecule is COCCC1(CNc2sc(C(N)=O)c(N)c2SC)CC1. The van der Waals surface area contributed by atoms with Crippen molar-refractivity contribution in [3.05, 3.63) is 4.88 Å². The molecule has 0 atom stereocenters. The predicted octanol–water partition coefficient (Wildman–Crippen LogP) is 2.38. The number of amides is 1. The Bertz CT molecular complexity index is 498. The average molecular weight is 315 g/mol. The molecule has 7 heteroatoms. The summed E-state index contributed by atoms with van der Waals surface area (Å²) in [6.07, 6.45) is 5.46. The maximum absolute atomic E-state index is 11.4. The van der Waals surface area contributed by atoms with Crippen molar-refractivity contribution in [3.8, 4) is 0 Å². The van der Waals surface area contributed by atoms with Crippen molar-refractivity contribution in [2.45, 2.75) is 24.2 Å². The number of primary amides is 1. The Kier molecular flexibility index (Phi) is 4.82. The third-order valence-corrected chi connectivity index (χ3v) is 5.88. The van der Waals surface area contributed by atoms with Gasteiger partial charge in [0.05, 0.1) is 10.6 Å². The highest BCUT2D eigenvalue weighted by molar-refractivity contribution is 7.99. The molecule has 5 N–H and O–H groups in total. The number of carbonyl (C=O) groups excluding carboxylic acids is 1. The van der Waals surface area contributed by atoms with Crippen LogP contribution in [0.25, 0.3) is 0 Å². The number of nitrogens with two attached hydrogens (primary N) is 2. The summed E-state index contributed by atoms with van der Waals surface area (Å²) in [5.41, 5.74) is 12.2. The molecule has 112 valence electrons. The van der Waals surface area contributed by atoms with Crippen molar-refractivity contribution in [1.82, 2.24) is 0 Å². The molecular weight excluding hydrogens is 294 g/mol. The van der Waals surface area contributed by atoms with E-state index in [1.165, 1.54) is 35.9 Å². The van der Waals surface area contributed by atoms with Crippen LogP contribution in [0, 0.1) is 5.41 Å². The molecule has 1 saturated carbocycles. The van der Waals surface area contributed by atoms with Crippen LogP contribution in [-0.4, -0.2) is 32.4 Å². The summed E-state index contributed by atoms with van der Waals surface area (Å²) in [5, 5.41) is 4.40. The maximum Gasteiger partial charge on any atom is 0.261 e. The van der Waals surface area contributed by atoms with E-state index in [2.05, 4.69) is 5.32 Å². The highest BCUT2D eigenvalue weighted by atomic mass is 32.2. The number of thioether (sulfide) groups is 1. The number of thiophene rings is 1. The fourth-order valence-corrected chi connectivity index (χ4v) is 4.09. The Morgan fingerprint density at radius 2 is 2.25 bits per heavy atom. The first kappa shape index (κ1) is 15.5. The van der Waals surface area contributed by atoms with Crippen LogP contribution in [0.4, 0.5) is 10.7 Å². The number of anilines is 2. The molecule has 1 amide bonds. The maximum atomic E-state index is 11.4. The lowest BCUT2D eigenvalue weighted by Gasteiger charge is -2.16. The first-order valence-corrected chi connectivity index (χ1v) is 8.56. The molecule has 1 aromatic heterocycles. The molecule has 2 rings (SSSR count). The standard InChI is InChI=1S/C13H21N3O2S2/c1-18-6-5-13(3-4-13)7-16-12-10(19-2)8(14)9(20-12)11(15)17/h16H,3-7,14H2,1-2H3,(H2,15,17). The molecule has 0 unspecified atom stereocenters. The Morgan fingerprint density at radius 3 is 2.75 bits per heavy atom. The van der Waals surface area contributed by atoms with E-state index in [9.17, 15) is 4.79 Å². The normalized spacial score (nSPS) is 16.1. The van der Waals surface area contributed by atoms with Gasteiger partial charge in [0, 0.05) is 20.3 Å². The topological polar surface area (TPSA) is 90.4 Å². The van der Waals surface area contributed by atoms with E-state index in [1.807, 2.05) is 6.26 Å². The van der Waals surface area contributed by atoms with Crippen LogP contribution in [0.15, 0.2) is 4.90 Å². The highest BCUT2D eigenvalue weighted by Gasteiger charge is 2.42. The summed E-state index contributed by atoms with van der Waals surface area (Å²) in [7, 11) is 1.73. The first-order chi connectivity index (χ1) is 9.53. The van der Waals surface area contributed by atoms with E-state index in [1.54, 1.807) is 7.11 Å². The van der Waals surface area contributed by atoms with Crippen molar-refractivity contribution in [1.29, 1.82) is 0 Å². The molecule has 1 aliphatic rings. The van der Waals surface area contributed by atoms with Crippen LogP contribution >= 0.6 is 23.1 Å². The first-order valence-electron chi connectivity index (χ1n) is 6.52. The Hall–Kier alpha value is -0.920. The zero-order chi connectivity index (χ0) is 14.8. The smallest absolute Gasteiger partial charge is 0.261 e. The fraction of sp³-hybridized carbons (Fsp3) is 0.615. The van der Waals surface area contributed by atoms with Crippen molar-refractivity contribution < 1.29 is 9.53 Å². The van der Waals surface area contributed by atoms with Crippen LogP contribution in [0.3, 0.4) is 0 Å². The molecule has 0 spiro atoms. The molecule has 1 heterocycles. The average Bonchev–Trinajstić information content (AvgIpc) is 3.12. The number of methoxy groups -OCH3 is 1. The molecular formula is C13H21N3O2S2. The van der Waals surface area contributed by atoms with Gasteiger partial charge in [0.2, 0.25) is 0 Å². The minimum absolute atomic E-state index is 0.345. The van der Waals surface area contributed by atoms with Gasteiger partial charge in [-0.05, 0) is 30.9 Å². The van der Waals surface area contributed by atoms with Crippen LogP contribution in [0.2, 0.25) is 0 Å². The number of rotatable bonds is 8. The van der Waals surface area contributed by atoms with E-state index < -0.39 is 5.91 Å². The Balaban J connectivity index is 2.06. The van der Waals surface area contributed by atoms with Gasteiger partial charge in [0.25, 0.3) is 5.91 Å². The highest BCUT2D eigenvalue weighted by Crippen LogP contribution is 2.50. The van der Waals surface area contributed by atoms with Crippen LogP contribution < -0.4 is 16.8 Å². The third kappa shape index (κ3) is 3.21. The van der Waals surface area contributed by atoms with Gasteiger partial charge in [0.1, 0.15) is 9.88 Å². The van der Waals surface area contributed by atoms with Crippen molar-refractivity contribution in [2.24, 2.45) is 11.1 Å². The molecule has 1 aliphatic carbocycles. The third-order valence-electron chi connectivity index (χ3n) is 3.75. The second-order valence-corrected chi connectivity index (χ2v) is 7.00. The number of ether oxygens (including phenoxy) is 1. The Morgan fingerprint density at radius 1 is 1.55 bits per heavy atom. The number of carbonyl (C=O) groups is 1. The molecule has 1 aromatic rings. The van der Waals surface area contributed by atoms with Gasteiger partial charge in [-0.2, -0.15) is 0 Å². The van der Waals surface area contributed by atoms with Gasteiger partial charge >= 0.3 is 0 Å². The summed E-state index contributed by atoms with van der Waals surface area (Å²) in [5.74, 6) is -0.462. The van der Waals surface area contributed by atoms with Gasteiger partial charge < -0.3 is 21.5 Å². The largest absolute Gasteiger partial charge is 0.396 e. The lowest BCUT2D eigenvalue weighted by molar-refractivity contribution is 0.100. The molecule has 0 aliphatic heterocycles. The van der Waals surface area contributed by atoms with E-state index in [0.717, 1.165) is 29.5 Å². The van der Waals surface area contributed by atoms with Gasteiger partial charge in [-0.3, -0.25) is 4.79 Å². The quantitative estimate of drug-likeness (QED) is 0.641. The number of nitrogens with one attached hydrogen (secondary N) is 1. The molecule has 0 aromatic carbocycles. The molecule has 0 saturated heterocycles. The van der Waals surface area contributed by atoms with Crippen LogP contribution in [0.1, 0.15) is 28.9 Å².